The van der Waals surface area contributed by atoms with E-state index in [4.69, 9.17) is 4.42 Å². The topological polar surface area (TPSA) is 65.7 Å². The number of nitriles is 2. The maximum Gasteiger partial charge on any atom is 0.159 e. The van der Waals surface area contributed by atoms with Crippen LogP contribution in [0.5, 0.6) is 0 Å². The van der Waals surface area contributed by atoms with E-state index in [-0.39, 0.29) is 0 Å². The average Bonchev–Trinajstić information content (AvgIpc) is 3.49. The number of aromatic nitrogens is 1. The average molecular weight is 474 g/mol. The summed E-state index contributed by atoms with van der Waals surface area (Å²) in [6.07, 6.45) is 0.549. The van der Waals surface area contributed by atoms with Gasteiger partial charge in [-0.25, -0.2) is 0 Å². The molecule has 5 aromatic carbocycles. The van der Waals surface area contributed by atoms with Crippen molar-refractivity contribution in [3.63, 3.8) is 0 Å². The highest BCUT2D eigenvalue weighted by atomic mass is 16.3. The van der Waals surface area contributed by atoms with Gasteiger partial charge < -0.3 is 8.98 Å². The molecule has 0 fully saturated rings. The molecule has 7 aromatic rings. The van der Waals surface area contributed by atoms with Gasteiger partial charge in [0.15, 0.2) is 5.58 Å². The smallest absolute Gasteiger partial charge is 0.159 e. The largest absolute Gasteiger partial charge is 0.454 e. The summed E-state index contributed by atoms with van der Waals surface area (Å²) in [6.45, 7) is 0. The normalized spacial score (nSPS) is 11.3. The van der Waals surface area contributed by atoms with Crippen molar-refractivity contribution < 1.29 is 4.42 Å². The molecule has 172 valence electrons. The lowest BCUT2D eigenvalue weighted by Gasteiger charge is -2.15. The molecular weight excluding hydrogens is 454 g/mol. The molecule has 2 heterocycles. The molecule has 2 aromatic heterocycles. The summed E-state index contributed by atoms with van der Waals surface area (Å²) < 4.78 is 8.84. The summed E-state index contributed by atoms with van der Waals surface area (Å²) in [6, 6.07) is 39.0. The number of fused-ring (bicyclic) bond motifs is 6. The number of rotatable bonds is 3. The molecule has 0 spiro atoms. The molecule has 0 bridgehead atoms. The van der Waals surface area contributed by atoms with Crippen molar-refractivity contribution in [3.05, 3.63) is 125 Å². The van der Waals surface area contributed by atoms with E-state index in [2.05, 4.69) is 83.4 Å². The van der Waals surface area contributed by atoms with Crippen molar-refractivity contribution in [1.29, 1.82) is 10.5 Å². The molecule has 7 rings (SSSR count). The lowest BCUT2D eigenvalue weighted by atomic mass is 9.97. The molecule has 0 amide bonds. The minimum atomic E-state index is 0.484. The minimum absolute atomic E-state index is 0.484. The molecule has 0 aliphatic carbocycles. The van der Waals surface area contributed by atoms with Gasteiger partial charge in [0.05, 0.1) is 40.0 Å². The second-order valence-corrected chi connectivity index (χ2v) is 9.24. The van der Waals surface area contributed by atoms with Crippen LogP contribution in [-0.2, 0) is 6.42 Å². The molecule has 0 saturated heterocycles. The Morgan fingerprint density at radius 1 is 0.622 bits per heavy atom. The van der Waals surface area contributed by atoms with Crippen LogP contribution < -0.4 is 0 Å². The number of hydrogen-bond donors (Lipinski definition) is 0. The number of hydrogen-bond acceptors (Lipinski definition) is 3. The number of furan rings is 1. The summed E-state index contributed by atoms with van der Waals surface area (Å²) in [5.41, 5.74) is 7.77. The van der Waals surface area contributed by atoms with E-state index in [1.54, 1.807) is 6.07 Å². The van der Waals surface area contributed by atoms with E-state index in [1.165, 1.54) is 10.8 Å². The third kappa shape index (κ3) is 3.21. The predicted octanol–water partition coefficient (Wildman–Crippen LogP) is 8.02. The van der Waals surface area contributed by atoms with E-state index >= 15 is 0 Å². The molecule has 0 atom stereocenters. The van der Waals surface area contributed by atoms with Crippen LogP contribution in [0.3, 0.4) is 0 Å². The minimum Gasteiger partial charge on any atom is -0.454 e. The van der Waals surface area contributed by atoms with Crippen molar-refractivity contribution in [2.45, 2.75) is 6.42 Å². The Bertz CT molecular complexity index is 2010. The van der Waals surface area contributed by atoms with Crippen molar-refractivity contribution in [1.82, 2.24) is 4.57 Å². The van der Waals surface area contributed by atoms with Gasteiger partial charge in [-0.2, -0.15) is 10.5 Å². The standard InChI is InChI=1S/C33H19N3O/c34-19-22-15-21(16-23(17-22)20-35)18-24-13-14-28-27-9-3-6-12-31(27)37-33(28)32(24)36-29-10-4-1-7-25(29)26-8-2-5-11-30(26)36/h1-17H,18H2. The second kappa shape index (κ2) is 8.12. The van der Waals surface area contributed by atoms with Crippen LogP contribution in [0.1, 0.15) is 22.3 Å². The van der Waals surface area contributed by atoms with Crippen LogP contribution in [0.25, 0.3) is 49.4 Å². The lowest BCUT2D eigenvalue weighted by Crippen LogP contribution is -2.02. The van der Waals surface area contributed by atoms with Gasteiger partial charge >= 0.3 is 0 Å². The second-order valence-electron chi connectivity index (χ2n) is 9.24. The fourth-order valence-electron chi connectivity index (χ4n) is 5.51. The van der Waals surface area contributed by atoms with Gasteiger partial charge in [-0.15, -0.1) is 0 Å². The third-order valence-corrected chi connectivity index (χ3v) is 7.05. The van der Waals surface area contributed by atoms with Gasteiger partial charge in [0, 0.05) is 21.5 Å². The number of para-hydroxylation sites is 3. The number of benzene rings is 5. The molecule has 0 unspecified atom stereocenters. The first-order valence-electron chi connectivity index (χ1n) is 12.1. The lowest BCUT2D eigenvalue weighted by molar-refractivity contribution is 0.665. The molecule has 0 saturated carbocycles. The maximum atomic E-state index is 9.53. The molecule has 0 N–H and O–H groups in total. The van der Waals surface area contributed by atoms with Gasteiger partial charge in [0.2, 0.25) is 0 Å². The zero-order valence-corrected chi connectivity index (χ0v) is 19.8. The Balaban J connectivity index is 1.60. The van der Waals surface area contributed by atoms with Gasteiger partial charge in [-0.1, -0.05) is 66.7 Å². The first-order valence-corrected chi connectivity index (χ1v) is 12.1. The highest BCUT2D eigenvalue weighted by Crippen LogP contribution is 2.40. The molecule has 0 radical (unpaired) electrons. The van der Waals surface area contributed by atoms with Crippen molar-refractivity contribution in [2.75, 3.05) is 0 Å². The molecule has 4 nitrogen and oxygen atoms in total. The van der Waals surface area contributed by atoms with Crippen LogP contribution in [0, 0.1) is 22.7 Å². The van der Waals surface area contributed by atoms with Crippen LogP contribution >= 0.6 is 0 Å². The fraction of sp³-hybridized carbons (Fsp3) is 0.0303. The molecule has 4 heteroatoms. The van der Waals surface area contributed by atoms with E-state index in [9.17, 15) is 10.5 Å². The Morgan fingerprint density at radius 2 is 1.22 bits per heavy atom. The SMILES string of the molecule is N#Cc1cc(C#N)cc(Cc2ccc3c(oc4ccccc43)c2-n2c3ccccc3c3ccccc32)c1. The van der Waals surface area contributed by atoms with E-state index in [0.29, 0.717) is 17.5 Å². The maximum absolute atomic E-state index is 9.53. The highest BCUT2D eigenvalue weighted by molar-refractivity contribution is 6.13. The van der Waals surface area contributed by atoms with Crippen LogP contribution in [0.15, 0.2) is 108 Å². The quantitative estimate of drug-likeness (QED) is 0.261. The molecule has 0 aliphatic rings. The molecule has 37 heavy (non-hydrogen) atoms. The molecular formula is C33H19N3O. The Hall–Kier alpha value is -5.32. The summed E-state index contributed by atoms with van der Waals surface area (Å²) in [5, 5.41) is 23.5. The summed E-state index contributed by atoms with van der Waals surface area (Å²) >= 11 is 0. The van der Waals surface area contributed by atoms with E-state index in [1.807, 2.05) is 30.3 Å². The Labute approximate surface area is 212 Å². The van der Waals surface area contributed by atoms with Crippen molar-refractivity contribution >= 4 is 43.7 Å². The monoisotopic (exact) mass is 473 g/mol. The zero-order chi connectivity index (χ0) is 24.9. The highest BCUT2D eigenvalue weighted by Gasteiger charge is 2.21. The first kappa shape index (κ1) is 21.0. The number of nitrogens with zero attached hydrogens (tertiary/aromatic N) is 3. The molecule has 0 aliphatic heterocycles. The van der Waals surface area contributed by atoms with Gasteiger partial charge in [-0.3, -0.25) is 0 Å². The van der Waals surface area contributed by atoms with Gasteiger partial charge in [0.1, 0.15) is 5.58 Å². The third-order valence-electron chi connectivity index (χ3n) is 7.05. The van der Waals surface area contributed by atoms with Gasteiger partial charge in [-0.05, 0) is 53.9 Å². The van der Waals surface area contributed by atoms with E-state index in [0.717, 1.165) is 49.8 Å². The summed E-state index contributed by atoms with van der Waals surface area (Å²) in [5.74, 6) is 0. The van der Waals surface area contributed by atoms with Crippen molar-refractivity contribution in [3.8, 4) is 17.8 Å². The van der Waals surface area contributed by atoms with Crippen molar-refractivity contribution in [2.24, 2.45) is 0 Å². The first-order chi connectivity index (χ1) is 18.2. The van der Waals surface area contributed by atoms with Gasteiger partial charge in [0.25, 0.3) is 0 Å². The predicted molar refractivity (Wildman–Crippen MR) is 147 cm³/mol. The fourth-order valence-corrected chi connectivity index (χ4v) is 5.51. The van der Waals surface area contributed by atoms with E-state index < -0.39 is 0 Å². The summed E-state index contributed by atoms with van der Waals surface area (Å²) in [4.78, 5) is 0. The van der Waals surface area contributed by atoms with Crippen LogP contribution in [0.4, 0.5) is 0 Å². The Kier molecular flexibility index (Phi) is 4.61. The van der Waals surface area contributed by atoms with Crippen LogP contribution in [-0.4, -0.2) is 4.57 Å². The van der Waals surface area contributed by atoms with Crippen LogP contribution in [0.2, 0.25) is 0 Å². The zero-order valence-electron chi connectivity index (χ0n) is 19.8. The Morgan fingerprint density at radius 3 is 1.86 bits per heavy atom. The summed E-state index contributed by atoms with van der Waals surface area (Å²) in [7, 11) is 0.